The molecule has 0 aliphatic heterocycles. The van der Waals surface area contributed by atoms with Crippen molar-refractivity contribution in [3.8, 4) is 11.6 Å². The van der Waals surface area contributed by atoms with Gasteiger partial charge in [0.2, 0.25) is 10.6 Å². The van der Waals surface area contributed by atoms with Crippen molar-refractivity contribution in [3.63, 3.8) is 0 Å². The van der Waals surface area contributed by atoms with E-state index in [1.807, 2.05) is 11.4 Å². The van der Waals surface area contributed by atoms with Gasteiger partial charge in [0.25, 0.3) is 5.91 Å². The van der Waals surface area contributed by atoms with E-state index in [0.717, 1.165) is 0 Å². The van der Waals surface area contributed by atoms with Gasteiger partial charge in [-0.05, 0) is 35.8 Å². The predicted molar refractivity (Wildman–Crippen MR) is 73.1 cm³/mol. The van der Waals surface area contributed by atoms with Crippen molar-refractivity contribution in [1.82, 2.24) is 14.9 Å². The van der Waals surface area contributed by atoms with Crippen LogP contribution in [-0.2, 0) is 0 Å². The Balaban J connectivity index is 1.95. The first-order valence-corrected chi connectivity index (χ1v) is 6.60. The quantitative estimate of drug-likeness (QED) is 0.728. The normalized spacial score (nSPS) is 10.5. The van der Waals surface area contributed by atoms with Crippen LogP contribution < -0.4 is 5.43 Å². The van der Waals surface area contributed by atoms with Crippen LogP contribution in [0.2, 0.25) is 0 Å². The summed E-state index contributed by atoms with van der Waals surface area (Å²) in [6.45, 7) is 0. The summed E-state index contributed by atoms with van der Waals surface area (Å²) in [4.78, 5) is 12.6. The SMILES string of the molecule is O=C(Nn1c(-c2ccco2)n[nH]c1=S)c1cccs1. The molecule has 0 radical (unpaired) electrons. The third kappa shape index (κ3) is 2.23. The number of furan rings is 1. The second kappa shape index (κ2) is 4.82. The molecule has 3 rings (SSSR count). The standard InChI is InChI=1S/C11H8N4O2S2/c16-10(8-4-2-6-19-8)14-15-9(12-13-11(15)18)7-3-1-5-17-7/h1-6H,(H,13,18)(H,14,16). The molecule has 3 heterocycles. The van der Waals surface area contributed by atoms with Gasteiger partial charge >= 0.3 is 0 Å². The molecule has 8 heteroatoms. The number of aromatic nitrogens is 3. The summed E-state index contributed by atoms with van der Waals surface area (Å²) in [7, 11) is 0. The molecule has 0 fully saturated rings. The molecule has 0 aliphatic rings. The number of carbonyl (C=O) groups excluding carboxylic acids is 1. The fourth-order valence-corrected chi connectivity index (χ4v) is 2.33. The minimum absolute atomic E-state index is 0.250. The fourth-order valence-electron chi connectivity index (χ4n) is 1.54. The first kappa shape index (κ1) is 11.9. The molecule has 19 heavy (non-hydrogen) atoms. The molecule has 0 saturated carbocycles. The lowest BCUT2D eigenvalue weighted by Crippen LogP contribution is -2.23. The summed E-state index contributed by atoms with van der Waals surface area (Å²) in [5.41, 5.74) is 2.68. The summed E-state index contributed by atoms with van der Waals surface area (Å²) >= 11 is 6.44. The highest BCUT2D eigenvalue weighted by atomic mass is 32.1. The number of nitrogens with one attached hydrogen (secondary N) is 2. The number of nitrogens with zero attached hydrogens (tertiary/aromatic N) is 2. The minimum Gasteiger partial charge on any atom is -0.461 e. The highest BCUT2D eigenvalue weighted by Gasteiger charge is 2.14. The largest absolute Gasteiger partial charge is 0.461 e. The Bertz CT molecular complexity index is 740. The van der Waals surface area contributed by atoms with Crippen LogP contribution in [0.5, 0.6) is 0 Å². The Morgan fingerprint density at radius 2 is 2.37 bits per heavy atom. The maximum atomic E-state index is 12.0. The average Bonchev–Trinajstić information content (AvgIpc) is 3.10. The molecule has 0 atom stereocenters. The lowest BCUT2D eigenvalue weighted by Gasteiger charge is -2.05. The van der Waals surface area contributed by atoms with E-state index in [-0.39, 0.29) is 10.7 Å². The maximum Gasteiger partial charge on any atom is 0.280 e. The number of hydrogen-bond donors (Lipinski definition) is 2. The summed E-state index contributed by atoms with van der Waals surface area (Å²) in [5.74, 6) is 0.680. The molecule has 3 aromatic heterocycles. The van der Waals surface area contributed by atoms with E-state index in [1.54, 1.807) is 18.2 Å². The van der Waals surface area contributed by atoms with E-state index >= 15 is 0 Å². The monoisotopic (exact) mass is 292 g/mol. The lowest BCUT2D eigenvalue weighted by molar-refractivity contribution is 0.101. The molecule has 0 bridgehead atoms. The maximum absolute atomic E-state index is 12.0. The van der Waals surface area contributed by atoms with Gasteiger partial charge in [0.15, 0.2) is 5.76 Å². The highest BCUT2D eigenvalue weighted by Crippen LogP contribution is 2.17. The smallest absolute Gasteiger partial charge is 0.280 e. The van der Waals surface area contributed by atoms with Gasteiger partial charge in [-0.2, -0.15) is 0 Å². The summed E-state index contributed by atoms with van der Waals surface area (Å²) < 4.78 is 6.92. The van der Waals surface area contributed by atoms with E-state index in [1.165, 1.54) is 22.3 Å². The van der Waals surface area contributed by atoms with Crippen LogP contribution >= 0.6 is 23.6 Å². The summed E-state index contributed by atoms with van der Waals surface area (Å²) in [6.07, 6.45) is 1.53. The molecule has 6 nitrogen and oxygen atoms in total. The van der Waals surface area contributed by atoms with Crippen LogP contribution in [0.3, 0.4) is 0 Å². The van der Waals surface area contributed by atoms with Crippen molar-refractivity contribution in [3.05, 3.63) is 45.6 Å². The van der Waals surface area contributed by atoms with Crippen molar-refractivity contribution in [2.75, 3.05) is 5.43 Å². The third-order valence-corrected chi connectivity index (χ3v) is 3.51. The molecule has 0 aliphatic carbocycles. The number of rotatable bonds is 3. The average molecular weight is 292 g/mol. The zero-order valence-electron chi connectivity index (χ0n) is 9.49. The lowest BCUT2D eigenvalue weighted by atomic mass is 10.4. The Morgan fingerprint density at radius 1 is 1.47 bits per heavy atom. The van der Waals surface area contributed by atoms with Crippen molar-refractivity contribution < 1.29 is 9.21 Å². The fraction of sp³-hybridized carbons (Fsp3) is 0. The summed E-state index contributed by atoms with van der Waals surface area (Å²) in [6, 6.07) is 7.01. The van der Waals surface area contributed by atoms with Crippen LogP contribution in [0.4, 0.5) is 0 Å². The van der Waals surface area contributed by atoms with Gasteiger partial charge in [0, 0.05) is 0 Å². The molecule has 0 unspecified atom stereocenters. The van der Waals surface area contributed by atoms with Crippen LogP contribution in [0.15, 0.2) is 40.3 Å². The van der Waals surface area contributed by atoms with Crippen molar-refractivity contribution in [1.29, 1.82) is 0 Å². The number of hydrogen-bond acceptors (Lipinski definition) is 5. The molecular formula is C11H8N4O2S2. The minimum atomic E-state index is -0.250. The molecule has 0 spiro atoms. The van der Waals surface area contributed by atoms with Crippen LogP contribution in [0.25, 0.3) is 11.6 Å². The molecule has 96 valence electrons. The second-order valence-electron chi connectivity index (χ2n) is 3.58. The molecule has 3 aromatic rings. The number of amides is 1. The van der Waals surface area contributed by atoms with Gasteiger partial charge in [0.05, 0.1) is 11.1 Å². The zero-order valence-corrected chi connectivity index (χ0v) is 11.1. The molecular weight excluding hydrogens is 284 g/mol. The number of H-pyrrole nitrogens is 1. The molecule has 0 saturated heterocycles. The first-order chi connectivity index (χ1) is 9.25. The van der Waals surface area contributed by atoms with E-state index in [0.29, 0.717) is 16.5 Å². The van der Waals surface area contributed by atoms with E-state index < -0.39 is 0 Å². The zero-order chi connectivity index (χ0) is 13.2. The van der Waals surface area contributed by atoms with Crippen LogP contribution in [0, 0.1) is 4.77 Å². The highest BCUT2D eigenvalue weighted by molar-refractivity contribution is 7.71. The molecule has 0 aromatic carbocycles. The summed E-state index contributed by atoms with van der Waals surface area (Å²) in [5, 5.41) is 8.48. The van der Waals surface area contributed by atoms with Crippen LogP contribution in [0.1, 0.15) is 9.67 Å². The number of thiophene rings is 1. The van der Waals surface area contributed by atoms with Gasteiger partial charge in [-0.25, -0.2) is 9.77 Å². The van der Waals surface area contributed by atoms with Crippen molar-refractivity contribution in [2.45, 2.75) is 0 Å². The first-order valence-electron chi connectivity index (χ1n) is 5.32. The van der Waals surface area contributed by atoms with Crippen molar-refractivity contribution in [2.24, 2.45) is 0 Å². The van der Waals surface area contributed by atoms with E-state index in [4.69, 9.17) is 16.6 Å². The van der Waals surface area contributed by atoms with Crippen LogP contribution in [-0.4, -0.2) is 20.8 Å². The Labute approximate surface area is 116 Å². The Kier molecular flexibility index (Phi) is 3.02. The van der Waals surface area contributed by atoms with E-state index in [9.17, 15) is 4.79 Å². The van der Waals surface area contributed by atoms with Crippen molar-refractivity contribution >= 4 is 29.5 Å². The van der Waals surface area contributed by atoms with Gasteiger partial charge in [-0.3, -0.25) is 10.2 Å². The number of carbonyl (C=O) groups is 1. The van der Waals surface area contributed by atoms with Gasteiger partial charge in [-0.15, -0.1) is 16.4 Å². The topological polar surface area (TPSA) is 75.8 Å². The van der Waals surface area contributed by atoms with Gasteiger partial charge in [0.1, 0.15) is 0 Å². The van der Waals surface area contributed by atoms with Gasteiger partial charge < -0.3 is 4.42 Å². The number of aromatic amines is 1. The Hall–Kier alpha value is -2.19. The van der Waals surface area contributed by atoms with Gasteiger partial charge in [-0.1, -0.05) is 6.07 Å². The third-order valence-electron chi connectivity index (χ3n) is 2.37. The Morgan fingerprint density at radius 3 is 3.05 bits per heavy atom. The van der Waals surface area contributed by atoms with E-state index in [2.05, 4.69) is 15.6 Å². The molecule has 2 N–H and O–H groups in total. The molecule has 1 amide bonds. The predicted octanol–water partition coefficient (Wildman–Crippen LogP) is 2.65. The second-order valence-corrected chi connectivity index (χ2v) is 4.92.